The molecule has 3 rings (SSSR count). The zero-order valence-electron chi connectivity index (χ0n) is 21.5. The van der Waals surface area contributed by atoms with Crippen LogP contribution < -0.4 is 9.62 Å². The number of aryl methyl sites for hydroxylation is 1. The predicted molar refractivity (Wildman–Crippen MR) is 152 cm³/mol. The molecule has 7 nitrogen and oxygen atoms in total. The first kappa shape index (κ1) is 29.5. The van der Waals surface area contributed by atoms with Crippen molar-refractivity contribution in [3.8, 4) is 0 Å². The fourth-order valence-electron chi connectivity index (χ4n) is 3.79. The van der Waals surface area contributed by atoms with Crippen LogP contribution in [0.15, 0.2) is 77.7 Å². The van der Waals surface area contributed by atoms with Gasteiger partial charge in [0.05, 0.1) is 15.6 Å². The molecule has 1 atom stereocenters. The molecule has 3 aromatic carbocycles. The highest BCUT2D eigenvalue weighted by molar-refractivity contribution is 7.92. The molecule has 2 amide bonds. The third kappa shape index (κ3) is 7.28. The van der Waals surface area contributed by atoms with Crippen molar-refractivity contribution in [1.29, 1.82) is 0 Å². The second-order valence-corrected chi connectivity index (χ2v) is 11.6. The smallest absolute Gasteiger partial charge is 0.264 e. The zero-order valence-corrected chi connectivity index (χ0v) is 23.9. The quantitative estimate of drug-likeness (QED) is 0.330. The Labute approximate surface area is 234 Å². The van der Waals surface area contributed by atoms with Gasteiger partial charge in [-0.25, -0.2) is 8.42 Å². The average Bonchev–Trinajstić information content (AvgIpc) is 2.90. The third-order valence-electron chi connectivity index (χ3n) is 5.98. The number of rotatable bonds is 11. The van der Waals surface area contributed by atoms with Gasteiger partial charge in [0.25, 0.3) is 10.0 Å². The van der Waals surface area contributed by atoms with Gasteiger partial charge in [0.2, 0.25) is 11.8 Å². The highest BCUT2D eigenvalue weighted by Gasteiger charge is 2.33. The lowest BCUT2D eigenvalue weighted by molar-refractivity contribution is -0.139. The number of amides is 2. The molecule has 0 fully saturated rings. The highest BCUT2D eigenvalue weighted by Crippen LogP contribution is 2.33. The van der Waals surface area contributed by atoms with Crippen molar-refractivity contribution in [2.24, 2.45) is 0 Å². The SMILES string of the molecule is CCCNC(=O)[C@H](C)N(Cc1ccccc1)C(=O)CN(c1cc(Cl)ccc1Cl)S(=O)(=O)c1ccc(C)cc1. The number of nitrogens with zero attached hydrogens (tertiary/aromatic N) is 2. The topological polar surface area (TPSA) is 86.8 Å². The van der Waals surface area contributed by atoms with Crippen molar-refractivity contribution in [3.63, 3.8) is 0 Å². The van der Waals surface area contributed by atoms with Crippen molar-refractivity contribution in [2.75, 3.05) is 17.4 Å². The van der Waals surface area contributed by atoms with Crippen LogP contribution in [0.1, 0.15) is 31.4 Å². The van der Waals surface area contributed by atoms with E-state index >= 15 is 0 Å². The van der Waals surface area contributed by atoms with Gasteiger partial charge in [-0.2, -0.15) is 0 Å². The van der Waals surface area contributed by atoms with Crippen LogP contribution in [0.3, 0.4) is 0 Å². The summed E-state index contributed by atoms with van der Waals surface area (Å²) in [5, 5.41) is 3.18. The number of hydrogen-bond donors (Lipinski definition) is 1. The molecule has 0 aliphatic carbocycles. The standard InChI is InChI=1S/C28H31Cl2N3O4S/c1-4-16-31-28(35)21(3)32(18-22-8-6-5-7-9-22)27(34)19-33(26-17-23(29)12-15-25(26)30)38(36,37)24-13-10-20(2)11-14-24/h5-15,17,21H,4,16,18-19H2,1-3H3,(H,31,35)/t21-/m0/s1. The van der Waals surface area contributed by atoms with Crippen molar-refractivity contribution in [3.05, 3.63) is 94.0 Å². The molecule has 0 aliphatic rings. The summed E-state index contributed by atoms with van der Waals surface area (Å²) in [6.07, 6.45) is 0.737. The van der Waals surface area contributed by atoms with Crippen LogP contribution >= 0.6 is 23.2 Å². The van der Waals surface area contributed by atoms with Crippen LogP contribution in [0.2, 0.25) is 10.0 Å². The summed E-state index contributed by atoms with van der Waals surface area (Å²) in [5.41, 5.74) is 1.74. The van der Waals surface area contributed by atoms with E-state index in [-0.39, 0.29) is 33.1 Å². The number of anilines is 1. The Balaban J connectivity index is 2.05. The normalized spacial score (nSPS) is 12.0. The minimum atomic E-state index is -4.23. The van der Waals surface area contributed by atoms with E-state index in [0.29, 0.717) is 6.54 Å². The number of carbonyl (C=O) groups is 2. The Morgan fingerprint density at radius 1 is 0.974 bits per heavy atom. The second kappa shape index (κ2) is 13.1. The maximum Gasteiger partial charge on any atom is 0.264 e. The lowest BCUT2D eigenvalue weighted by Gasteiger charge is -2.32. The van der Waals surface area contributed by atoms with Gasteiger partial charge < -0.3 is 10.2 Å². The maximum atomic E-state index is 13.8. The van der Waals surface area contributed by atoms with Crippen LogP contribution in [-0.2, 0) is 26.2 Å². The Morgan fingerprint density at radius 3 is 2.26 bits per heavy atom. The molecular weight excluding hydrogens is 545 g/mol. The summed E-state index contributed by atoms with van der Waals surface area (Å²) < 4.78 is 28.6. The first-order valence-electron chi connectivity index (χ1n) is 12.2. The Hall–Kier alpha value is -3.07. The Morgan fingerprint density at radius 2 is 1.63 bits per heavy atom. The van der Waals surface area contributed by atoms with Gasteiger partial charge >= 0.3 is 0 Å². The van der Waals surface area contributed by atoms with Crippen molar-refractivity contribution >= 4 is 50.7 Å². The molecule has 0 aliphatic heterocycles. The number of hydrogen-bond acceptors (Lipinski definition) is 4. The van der Waals surface area contributed by atoms with Gasteiger partial charge in [-0.1, -0.05) is 78.2 Å². The fourth-order valence-corrected chi connectivity index (χ4v) is 5.65. The lowest BCUT2D eigenvalue weighted by Crippen LogP contribution is -2.51. The highest BCUT2D eigenvalue weighted by atomic mass is 35.5. The molecule has 3 aromatic rings. The number of sulfonamides is 1. The van der Waals surface area contributed by atoms with Gasteiger partial charge in [0.15, 0.2) is 0 Å². The van der Waals surface area contributed by atoms with E-state index in [1.165, 1.54) is 35.2 Å². The Bertz CT molecular complexity index is 1370. The molecule has 0 radical (unpaired) electrons. The Kier molecular flexibility index (Phi) is 10.2. The summed E-state index contributed by atoms with van der Waals surface area (Å²) in [7, 11) is -4.23. The molecule has 0 spiro atoms. The molecule has 0 unspecified atom stereocenters. The molecule has 0 heterocycles. The lowest BCUT2D eigenvalue weighted by atomic mass is 10.1. The van der Waals surface area contributed by atoms with Gasteiger partial charge in [0.1, 0.15) is 12.6 Å². The van der Waals surface area contributed by atoms with Crippen LogP contribution in [0.5, 0.6) is 0 Å². The van der Waals surface area contributed by atoms with E-state index < -0.39 is 28.5 Å². The monoisotopic (exact) mass is 575 g/mol. The van der Waals surface area contributed by atoms with E-state index in [2.05, 4.69) is 5.32 Å². The van der Waals surface area contributed by atoms with E-state index in [4.69, 9.17) is 23.2 Å². The second-order valence-electron chi connectivity index (χ2n) is 8.89. The maximum absolute atomic E-state index is 13.8. The summed E-state index contributed by atoms with van der Waals surface area (Å²) in [6, 6.07) is 19.1. The molecule has 0 saturated heterocycles. The van der Waals surface area contributed by atoms with Crippen molar-refractivity contribution in [1.82, 2.24) is 10.2 Å². The van der Waals surface area contributed by atoms with Gasteiger partial charge in [-0.15, -0.1) is 0 Å². The van der Waals surface area contributed by atoms with Crippen LogP contribution in [0.4, 0.5) is 5.69 Å². The molecule has 1 N–H and O–H groups in total. The van der Waals surface area contributed by atoms with E-state index in [0.717, 1.165) is 21.9 Å². The largest absolute Gasteiger partial charge is 0.354 e. The predicted octanol–water partition coefficient (Wildman–Crippen LogP) is 5.44. The van der Waals surface area contributed by atoms with E-state index in [1.807, 2.05) is 44.2 Å². The summed E-state index contributed by atoms with van der Waals surface area (Å²) in [4.78, 5) is 28.1. The molecule has 0 aromatic heterocycles. The van der Waals surface area contributed by atoms with Gasteiger partial charge in [-0.3, -0.25) is 13.9 Å². The zero-order chi connectivity index (χ0) is 27.9. The fraction of sp³-hybridized carbons (Fsp3) is 0.286. The number of benzene rings is 3. The van der Waals surface area contributed by atoms with Gasteiger partial charge in [-0.05, 0) is 56.2 Å². The van der Waals surface area contributed by atoms with Gasteiger partial charge in [0, 0.05) is 18.1 Å². The average molecular weight is 577 g/mol. The summed E-state index contributed by atoms with van der Waals surface area (Å²) >= 11 is 12.6. The molecule has 202 valence electrons. The number of halogens is 2. The van der Waals surface area contributed by atoms with Crippen LogP contribution in [0.25, 0.3) is 0 Å². The first-order valence-corrected chi connectivity index (χ1v) is 14.4. The number of carbonyl (C=O) groups excluding carboxylic acids is 2. The molecule has 38 heavy (non-hydrogen) atoms. The minimum Gasteiger partial charge on any atom is -0.354 e. The van der Waals surface area contributed by atoms with E-state index in [1.54, 1.807) is 19.1 Å². The molecule has 0 bridgehead atoms. The summed E-state index contributed by atoms with van der Waals surface area (Å²) in [5.74, 6) is -0.899. The third-order valence-corrected chi connectivity index (χ3v) is 8.31. The van der Waals surface area contributed by atoms with Crippen molar-refractivity contribution in [2.45, 2.75) is 44.7 Å². The molecule has 10 heteroatoms. The first-order chi connectivity index (χ1) is 18.0. The minimum absolute atomic E-state index is 0.00436. The van der Waals surface area contributed by atoms with Crippen LogP contribution in [0, 0.1) is 6.92 Å². The molecular formula is C28H31Cl2N3O4S. The van der Waals surface area contributed by atoms with Crippen molar-refractivity contribution < 1.29 is 18.0 Å². The van der Waals surface area contributed by atoms with E-state index in [9.17, 15) is 18.0 Å². The van der Waals surface area contributed by atoms with Crippen LogP contribution in [-0.4, -0.2) is 44.3 Å². The summed E-state index contributed by atoms with van der Waals surface area (Å²) in [6.45, 7) is 5.38. The molecule has 0 saturated carbocycles. The number of nitrogens with one attached hydrogen (secondary N) is 1.